The molecule has 0 bridgehead atoms. The van der Waals surface area contributed by atoms with Gasteiger partial charge in [-0.2, -0.15) is 0 Å². The first-order chi connectivity index (χ1) is 8.13. The molecular weight excluding hydrogens is 220 g/mol. The molecule has 2 N–H and O–H groups in total. The van der Waals surface area contributed by atoms with E-state index < -0.39 is 5.97 Å². The van der Waals surface area contributed by atoms with Crippen molar-refractivity contribution < 1.29 is 14.7 Å². The van der Waals surface area contributed by atoms with Gasteiger partial charge in [0.2, 0.25) is 5.91 Å². The lowest BCUT2D eigenvalue weighted by Gasteiger charge is -2.18. The fraction of sp³-hybridized carbons (Fsp3) is 0.333. The van der Waals surface area contributed by atoms with E-state index >= 15 is 0 Å². The normalized spacial score (nSPS) is 9.71. The van der Waals surface area contributed by atoms with E-state index in [1.807, 2.05) is 30.3 Å². The molecule has 92 valence electrons. The van der Waals surface area contributed by atoms with Crippen molar-refractivity contribution >= 4 is 17.6 Å². The van der Waals surface area contributed by atoms with Crippen LogP contribution in [-0.4, -0.2) is 41.5 Å². The van der Waals surface area contributed by atoms with Gasteiger partial charge in [0.05, 0.1) is 6.54 Å². The van der Waals surface area contributed by atoms with Crippen molar-refractivity contribution in [3.8, 4) is 0 Å². The number of anilines is 1. The van der Waals surface area contributed by atoms with Gasteiger partial charge in [-0.1, -0.05) is 18.2 Å². The van der Waals surface area contributed by atoms with E-state index in [1.54, 1.807) is 6.92 Å². The molecule has 0 radical (unpaired) electrons. The molecule has 0 heterocycles. The average Bonchev–Trinajstić information content (AvgIpc) is 2.34. The molecule has 5 nitrogen and oxygen atoms in total. The van der Waals surface area contributed by atoms with Crippen molar-refractivity contribution in [3.63, 3.8) is 0 Å². The summed E-state index contributed by atoms with van der Waals surface area (Å²) >= 11 is 0. The first kappa shape index (κ1) is 13.0. The van der Waals surface area contributed by atoms with Crippen LogP contribution >= 0.6 is 0 Å². The number of carbonyl (C=O) groups is 2. The van der Waals surface area contributed by atoms with Gasteiger partial charge < -0.3 is 15.3 Å². The molecule has 0 saturated carbocycles. The highest BCUT2D eigenvalue weighted by Gasteiger charge is 2.14. The first-order valence-corrected chi connectivity index (χ1v) is 5.42. The molecule has 1 aromatic rings. The summed E-state index contributed by atoms with van der Waals surface area (Å²) in [6.07, 6.45) is 0. The summed E-state index contributed by atoms with van der Waals surface area (Å²) in [4.78, 5) is 23.5. The zero-order chi connectivity index (χ0) is 12.7. The van der Waals surface area contributed by atoms with Crippen molar-refractivity contribution in [1.29, 1.82) is 0 Å². The summed E-state index contributed by atoms with van der Waals surface area (Å²) in [6, 6.07) is 9.31. The van der Waals surface area contributed by atoms with Crippen LogP contribution in [0.25, 0.3) is 0 Å². The first-order valence-electron chi connectivity index (χ1n) is 5.42. The number of aliphatic carboxylic acids is 1. The van der Waals surface area contributed by atoms with Gasteiger partial charge in [0.15, 0.2) is 0 Å². The number of likely N-dealkylation sites (N-methyl/N-ethyl adjacent to an activating group) is 1. The van der Waals surface area contributed by atoms with Crippen molar-refractivity contribution in [2.24, 2.45) is 0 Å². The molecule has 0 aliphatic carbocycles. The lowest BCUT2D eigenvalue weighted by atomic mass is 10.3. The number of hydrogen-bond acceptors (Lipinski definition) is 3. The Hall–Kier alpha value is -2.04. The zero-order valence-corrected chi connectivity index (χ0v) is 9.72. The Kier molecular flexibility index (Phi) is 5.00. The molecule has 0 unspecified atom stereocenters. The number of rotatable bonds is 6. The minimum atomic E-state index is -1.00. The number of benzene rings is 1. The van der Waals surface area contributed by atoms with Gasteiger partial charge in [-0.05, 0) is 19.1 Å². The number of carboxylic acids is 1. The molecule has 0 aliphatic rings. The molecule has 0 aliphatic heterocycles. The summed E-state index contributed by atoms with van der Waals surface area (Å²) in [7, 11) is 0. The van der Waals surface area contributed by atoms with Crippen molar-refractivity contribution in [1.82, 2.24) is 4.90 Å². The van der Waals surface area contributed by atoms with E-state index in [2.05, 4.69) is 5.32 Å². The molecule has 0 saturated heterocycles. The van der Waals surface area contributed by atoms with Gasteiger partial charge >= 0.3 is 5.97 Å². The maximum atomic E-state index is 11.7. The number of carbonyl (C=O) groups excluding carboxylic acids is 1. The second kappa shape index (κ2) is 6.52. The number of amides is 1. The number of carboxylic acid groups (broad SMARTS) is 1. The van der Waals surface area contributed by atoms with Crippen molar-refractivity contribution in [3.05, 3.63) is 30.3 Å². The lowest BCUT2D eigenvalue weighted by Crippen LogP contribution is -2.38. The predicted molar refractivity (Wildman–Crippen MR) is 64.8 cm³/mol. The summed E-state index contributed by atoms with van der Waals surface area (Å²) in [5, 5.41) is 11.6. The largest absolute Gasteiger partial charge is 0.480 e. The molecule has 0 fully saturated rings. The fourth-order valence-electron chi connectivity index (χ4n) is 1.39. The van der Waals surface area contributed by atoms with Gasteiger partial charge in [-0.25, -0.2) is 0 Å². The standard InChI is InChI=1S/C12H16N2O3/c1-2-14(9-12(16)17)11(15)8-13-10-6-4-3-5-7-10/h3-7,13H,2,8-9H2,1H3,(H,16,17). The Morgan fingerprint density at radius 1 is 1.29 bits per heavy atom. The van der Waals surface area contributed by atoms with Crippen LogP contribution in [0.15, 0.2) is 30.3 Å². The van der Waals surface area contributed by atoms with Crippen molar-refractivity contribution in [2.45, 2.75) is 6.92 Å². The maximum Gasteiger partial charge on any atom is 0.323 e. The second-order valence-electron chi connectivity index (χ2n) is 3.52. The van der Waals surface area contributed by atoms with E-state index in [-0.39, 0.29) is 19.0 Å². The summed E-state index contributed by atoms with van der Waals surface area (Å²) in [5.41, 5.74) is 0.840. The Morgan fingerprint density at radius 2 is 1.94 bits per heavy atom. The van der Waals surface area contributed by atoms with Crippen LogP contribution in [0.2, 0.25) is 0 Å². The monoisotopic (exact) mass is 236 g/mol. The molecule has 1 aromatic carbocycles. The lowest BCUT2D eigenvalue weighted by molar-refractivity contribution is -0.143. The molecule has 0 aromatic heterocycles. The van der Waals surface area contributed by atoms with Crippen LogP contribution in [0.3, 0.4) is 0 Å². The molecule has 5 heteroatoms. The van der Waals surface area contributed by atoms with Crippen LogP contribution in [0.5, 0.6) is 0 Å². The van der Waals surface area contributed by atoms with E-state index in [4.69, 9.17) is 5.11 Å². The number of nitrogens with one attached hydrogen (secondary N) is 1. The van der Waals surface area contributed by atoms with Crippen LogP contribution in [0.1, 0.15) is 6.92 Å². The number of para-hydroxylation sites is 1. The average molecular weight is 236 g/mol. The minimum absolute atomic E-state index is 0.102. The van der Waals surface area contributed by atoms with Crippen LogP contribution in [0, 0.1) is 0 Å². The second-order valence-corrected chi connectivity index (χ2v) is 3.52. The highest BCUT2D eigenvalue weighted by molar-refractivity contribution is 5.84. The van der Waals surface area contributed by atoms with Crippen molar-refractivity contribution in [2.75, 3.05) is 25.0 Å². The van der Waals surface area contributed by atoms with Crippen LogP contribution in [0.4, 0.5) is 5.69 Å². The van der Waals surface area contributed by atoms with Gasteiger partial charge in [-0.15, -0.1) is 0 Å². The Morgan fingerprint density at radius 3 is 2.47 bits per heavy atom. The molecule has 17 heavy (non-hydrogen) atoms. The smallest absolute Gasteiger partial charge is 0.323 e. The summed E-state index contributed by atoms with van der Waals surface area (Å²) in [6.45, 7) is 1.99. The third kappa shape index (κ3) is 4.55. The topological polar surface area (TPSA) is 69.6 Å². The predicted octanol–water partition coefficient (Wildman–Crippen LogP) is 1.03. The van der Waals surface area contributed by atoms with Gasteiger partial charge in [0.25, 0.3) is 0 Å². The highest BCUT2D eigenvalue weighted by atomic mass is 16.4. The molecule has 0 atom stereocenters. The third-order valence-electron chi connectivity index (χ3n) is 2.28. The SMILES string of the molecule is CCN(CC(=O)O)C(=O)CNc1ccccc1. The highest BCUT2D eigenvalue weighted by Crippen LogP contribution is 2.04. The molecule has 1 rings (SSSR count). The molecular formula is C12H16N2O3. The summed E-state index contributed by atoms with van der Waals surface area (Å²) < 4.78 is 0. The maximum absolute atomic E-state index is 11.7. The quantitative estimate of drug-likeness (QED) is 0.774. The summed E-state index contributed by atoms with van der Waals surface area (Å²) in [5.74, 6) is -1.22. The van der Waals surface area contributed by atoms with Gasteiger partial charge in [0.1, 0.15) is 6.54 Å². The fourth-order valence-corrected chi connectivity index (χ4v) is 1.39. The Labute approximate surface area is 100 Å². The van der Waals surface area contributed by atoms with Crippen LogP contribution in [-0.2, 0) is 9.59 Å². The number of hydrogen-bond donors (Lipinski definition) is 2. The third-order valence-corrected chi connectivity index (χ3v) is 2.28. The van der Waals surface area contributed by atoms with Gasteiger partial charge in [0, 0.05) is 12.2 Å². The van der Waals surface area contributed by atoms with Crippen LogP contribution < -0.4 is 5.32 Å². The van der Waals surface area contributed by atoms with E-state index in [9.17, 15) is 9.59 Å². The minimum Gasteiger partial charge on any atom is -0.480 e. The van der Waals surface area contributed by atoms with Gasteiger partial charge in [-0.3, -0.25) is 9.59 Å². The number of nitrogens with zero attached hydrogens (tertiary/aromatic N) is 1. The Balaban J connectivity index is 2.45. The van der Waals surface area contributed by atoms with E-state index in [0.717, 1.165) is 5.69 Å². The molecule has 1 amide bonds. The Bertz CT molecular complexity index is 379. The van der Waals surface area contributed by atoms with E-state index in [1.165, 1.54) is 4.90 Å². The molecule has 0 spiro atoms. The van der Waals surface area contributed by atoms with E-state index in [0.29, 0.717) is 6.54 Å². The zero-order valence-electron chi connectivity index (χ0n) is 9.72.